The van der Waals surface area contributed by atoms with Gasteiger partial charge in [-0.25, -0.2) is 0 Å². The van der Waals surface area contributed by atoms with Gasteiger partial charge in [0, 0.05) is 22.6 Å². The molecule has 0 fully saturated rings. The second kappa shape index (κ2) is 8.93. The number of thiocarbonyl (C=S) groups is 1. The van der Waals surface area contributed by atoms with Crippen LogP contribution in [0.25, 0.3) is 11.5 Å². The van der Waals surface area contributed by atoms with Gasteiger partial charge in [-0.05, 0) is 35.9 Å². The molecule has 27 heavy (non-hydrogen) atoms. The summed E-state index contributed by atoms with van der Waals surface area (Å²) in [4.78, 5) is 0.412. The third-order valence-electron chi connectivity index (χ3n) is 4.05. The zero-order valence-electron chi connectivity index (χ0n) is 14.9. The fourth-order valence-corrected chi connectivity index (χ4v) is 3.44. The van der Waals surface area contributed by atoms with Crippen molar-refractivity contribution >= 4 is 44.6 Å². The fraction of sp³-hybridized carbons (Fsp3) is 0.0909. The van der Waals surface area contributed by atoms with Gasteiger partial charge in [-0.3, -0.25) is 0 Å². The van der Waals surface area contributed by atoms with Gasteiger partial charge in [0.25, 0.3) is 0 Å². The van der Waals surface area contributed by atoms with Gasteiger partial charge in [-0.15, -0.1) is 0 Å². The number of rotatable bonds is 5. The molecule has 0 radical (unpaired) electrons. The number of aryl methyl sites for hydroxylation is 1. The number of pyridine rings is 1. The average molecular weight is 439 g/mol. The normalized spacial score (nSPS) is 11.6. The Balaban J connectivity index is 2.01. The van der Waals surface area contributed by atoms with Crippen LogP contribution in [0.3, 0.4) is 0 Å². The highest BCUT2D eigenvalue weighted by Crippen LogP contribution is 2.23. The van der Waals surface area contributed by atoms with Crippen LogP contribution in [0.1, 0.15) is 16.7 Å². The molecule has 3 aromatic rings. The Morgan fingerprint density at radius 3 is 2.44 bits per heavy atom. The smallest absolute Gasteiger partial charge is 0.238 e. The van der Waals surface area contributed by atoms with Crippen molar-refractivity contribution in [2.75, 3.05) is 0 Å². The van der Waals surface area contributed by atoms with E-state index >= 15 is 0 Å². The molecule has 0 aliphatic carbocycles. The topological polar surface area (TPSA) is 39.0 Å². The molecule has 1 N–H and O–H groups in total. The second-order valence-corrected chi connectivity index (χ2v) is 7.38. The minimum atomic E-state index is -0.136. The standard InChI is InChI=1S/C22H19BrN2OS/c1-16-8-7-13-25(15-16)20(21(26)18-11-5-6-12-19(18)23)22(27)24-14-17-9-3-2-4-10-17/h2-13,15H,14H2,1H3,(H-,24,26,27). The minimum Gasteiger partial charge on any atom is -0.867 e. The molecule has 3 nitrogen and oxygen atoms in total. The first kappa shape index (κ1) is 19.3. The molecule has 0 spiro atoms. The Morgan fingerprint density at radius 2 is 1.74 bits per heavy atom. The number of nitrogens with zero attached hydrogens (tertiary/aromatic N) is 1. The molecule has 0 saturated carbocycles. The number of halogens is 1. The SMILES string of the molecule is Cc1ccc[n+](/C(C(=S)NCc2ccccc2)=C(/[O-])c2ccccc2Br)c1. The third kappa shape index (κ3) is 4.81. The predicted molar refractivity (Wildman–Crippen MR) is 115 cm³/mol. The van der Waals surface area contributed by atoms with Gasteiger partial charge in [0.05, 0.1) is 0 Å². The van der Waals surface area contributed by atoms with Crippen molar-refractivity contribution in [2.24, 2.45) is 0 Å². The zero-order chi connectivity index (χ0) is 19.2. The molecule has 0 saturated heterocycles. The molecule has 0 aliphatic rings. The lowest BCUT2D eigenvalue weighted by atomic mass is 10.1. The maximum Gasteiger partial charge on any atom is 0.238 e. The van der Waals surface area contributed by atoms with E-state index in [0.717, 1.165) is 15.6 Å². The molecule has 136 valence electrons. The molecule has 3 rings (SSSR count). The summed E-state index contributed by atoms with van der Waals surface area (Å²) in [6.07, 6.45) is 3.74. The van der Waals surface area contributed by atoms with Crippen LogP contribution in [0.15, 0.2) is 83.6 Å². The van der Waals surface area contributed by atoms with Crippen molar-refractivity contribution < 1.29 is 9.67 Å². The van der Waals surface area contributed by atoms with Crippen LogP contribution in [0, 0.1) is 6.92 Å². The summed E-state index contributed by atoms with van der Waals surface area (Å²) >= 11 is 9.08. The Morgan fingerprint density at radius 1 is 1.04 bits per heavy atom. The zero-order valence-corrected chi connectivity index (χ0v) is 17.3. The molecule has 1 heterocycles. The third-order valence-corrected chi connectivity index (χ3v) is 5.08. The highest BCUT2D eigenvalue weighted by atomic mass is 79.9. The minimum absolute atomic E-state index is 0.136. The summed E-state index contributed by atoms with van der Waals surface area (Å²) in [5.41, 5.74) is 3.14. The Bertz CT molecular complexity index is 986. The molecular formula is C22H19BrN2OS. The van der Waals surface area contributed by atoms with Gasteiger partial charge >= 0.3 is 0 Å². The maximum atomic E-state index is 13.3. The number of hydrogen-bond acceptors (Lipinski definition) is 2. The van der Waals surface area contributed by atoms with E-state index in [1.54, 1.807) is 10.6 Å². The largest absolute Gasteiger partial charge is 0.867 e. The van der Waals surface area contributed by atoms with Gasteiger partial charge < -0.3 is 10.4 Å². The maximum absolute atomic E-state index is 13.3. The van der Waals surface area contributed by atoms with Crippen LogP contribution in [0.5, 0.6) is 0 Å². The molecule has 0 unspecified atom stereocenters. The number of benzene rings is 2. The molecule has 0 bridgehead atoms. The van der Waals surface area contributed by atoms with E-state index in [1.165, 1.54) is 0 Å². The number of hydrogen-bond donors (Lipinski definition) is 1. The summed E-state index contributed by atoms with van der Waals surface area (Å²) in [7, 11) is 0. The predicted octanol–water partition coefficient (Wildman–Crippen LogP) is 3.85. The van der Waals surface area contributed by atoms with E-state index < -0.39 is 0 Å². The average Bonchev–Trinajstić information content (AvgIpc) is 2.68. The summed E-state index contributed by atoms with van der Waals surface area (Å²) in [5, 5.41) is 16.5. The Kier molecular flexibility index (Phi) is 6.37. The Hall–Kier alpha value is -2.50. The van der Waals surface area contributed by atoms with Crippen LogP contribution in [0.4, 0.5) is 0 Å². The summed E-state index contributed by atoms with van der Waals surface area (Å²) in [6, 6.07) is 21.2. The van der Waals surface area contributed by atoms with E-state index in [1.807, 2.05) is 80.0 Å². The Labute approximate surface area is 173 Å². The van der Waals surface area contributed by atoms with Gasteiger partial charge in [-0.2, -0.15) is 4.57 Å². The summed E-state index contributed by atoms with van der Waals surface area (Å²) in [6.45, 7) is 2.54. The van der Waals surface area contributed by atoms with Crippen molar-refractivity contribution in [3.05, 3.63) is 100 Å². The van der Waals surface area contributed by atoms with E-state index in [9.17, 15) is 5.11 Å². The molecule has 0 aliphatic heterocycles. The molecule has 2 aromatic carbocycles. The van der Waals surface area contributed by atoms with Gasteiger partial charge in [0.1, 0.15) is 0 Å². The van der Waals surface area contributed by atoms with Crippen LogP contribution < -0.4 is 15.0 Å². The first-order valence-corrected chi connectivity index (χ1v) is 9.73. The first-order valence-electron chi connectivity index (χ1n) is 8.53. The van der Waals surface area contributed by atoms with Crippen LogP contribution in [-0.2, 0) is 6.54 Å². The van der Waals surface area contributed by atoms with Crippen LogP contribution in [-0.4, -0.2) is 4.99 Å². The van der Waals surface area contributed by atoms with Gasteiger partial charge in [0.2, 0.25) is 5.70 Å². The van der Waals surface area contributed by atoms with E-state index in [2.05, 4.69) is 21.2 Å². The second-order valence-electron chi connectivity index (χ2n) is 6.11. The fourth-order valence-electron chi connectivity index (χ4n) is 2.70. The van der Waals surface area contributed by atoms with Crippen LogP contribution in [0.2, 0.25) is 0 Å². The van der Waals surface area contributed by atoms with Gasteiger partial charge in [-0.1, -0.05) is 76.7 Å². The monoisotopic (exact) mass is 438 g/mol. The lowest BCUT2D eigenvalue weighted by molar-refractivity contribution is -0.578. The van der Waals surface area contributed by atoms with Gasteiger partial charge in [0.15, 0.2) is 17.4 Å². The quantitative estimate of drug-likeness (QED) is 0.284. The van der Waals surface area contributed by atoms with Crippen molar-refractivity contribution in [1.82, 2.24) is 5.32 Å². The van der Waals surface area contributed by atoms with Crippen molar-refractivity contribution in [1.29, 1.82) is 0 Å². The molecule has 5 heteroatoms. The summed E-state index contributed by atoms with van der Waals surface area (Å²) < 4.78 is 2.53. The van der Waals surface area contributed by atoms with E-state index in [0.29, 0.717) is 22.8 Å². The number of nitrogens with one attached hydrogen (secondary N) is 1. The highest BCUT2D eigenvalue weighted by Gasteiger charge is 2.19. The highest BCUT2D eigenvalue weighted by molar-refractivity contribution is 9.10. The van der Waals surface area contributed by atoms with Crippen LogP contribution >= 0.6 is 28.1 Å². The lowest BCUT2D eigenvalue weighted by Crippen LogP contribution is -2.42. The molecular weight excluding hydrogens is 420 g/mol. The van der Waals surface area contributed by atoms with Crippen molar-refractivity contribution in [3.63, 3.8) is 0 Å². The van der Waals surface area contributed by atoms with E-state index in [4.69, 9.17) is 12.2 Å². The van der Waals surface area contributed by atoms with Crippen molar-refractivity contribution in [2.45, 2.75) is 13.5 Å². The first-order chi connectivity index (χ1) is 13.1. The molecule has 0 amide bonds. The lowest BCUT2D eigenvalue weighted by Gasteiger charge is -2.18. The molecule has 0 atom stereocenters. The van der Waals surface area contributed by atoms with Crippen molar-refractivity contribution in [3.8, 4) is 0 Å². The molecule has 1 aromatic heterocycles. The summed E-state index contributed by atoms with van der Waals surface area (Å²) in [5.74, 6) is -0.136. The number of aromatic nitrogens is 1. The van der Waals surface area contributed by atoms with E-state index in [-0.39, 0.29) is 5.76 Å².